The Kier molecular flexibility index (Phi) is 5.15. The molecule has 5 heteroatoms. The number of aryl methyl sites for hydroxylation is 1. The first-order valence-electron chi connectivity index (χ1n) is 5.96. The van der Waals surface area contributed by atoms with Gasteiger partial charge in [0.15, 0.2) is 0 Å². The Balaban J connectivity index is 2.35. The number of aromatic nitrogens is 2. The van der Waals surface area contributed by atoms with Crippen LogP contribution < -0.4 is 5.73 Å². The Bertz CT molecular complexity index is 359. The monoisotopic (exact) mass is 238 g/mol. The van der Waals surface area contributed by atoms with E-state index in [0.717, 1.165) is 18.7 Å². The summed E-state index contributed by atoms with van der Waals surface area (Å²) in [5.74, 6) is 1.04. The van der Waals surface area contributed by atoms with Crippen LogP contribution in [0.2, 0.25) is 0 Å². The van der Waals surface area contributed by atoms with Crippen LogP contribution in [-0.4, -0.2) is 33.4 Å². The van der Waals surface area contributed by atoms with Gasteiger partial charge < -0.3 is 15.2 Å². The minimum atomic E-state index is 0.147. The number of hydrogen-bond acceptors (Lipinski definition) is 3. The first kappa shape index (κ1) is 13.7. The maximum Gasteiger partial charge on any atom is 0.222 e. The van der Waals surface area contributed by atoms with Crippen molar-refractivity contribution in [2.75, 3.05) is 7.05 Å². The highest BCUT2D eigenvalue weighted by Crippen LogP contribution is 2.05. The van der Waals surface area contributed by atoms with Crippen LogP contribution in [0.3, 0.4) is 0 Å². The van der Waals surface area contributed by atoms with Crippen LogP contribution in [0.25, 0.3) is 0 Å². The van der Waals surface area contributed by atoms with Crippen molar-refractivity contribution >= 4 is 5.91 Å². The summed E-state index contributed by atoms with van der Waals surface area (Å²) < 4.78 is 1.92. The summed E-state index contributed by atoms with van der Waals surface area (Å²) in [6.07, 6.45) is 5.92. The maximum atomic E-state index is 11.8. The second kappa shape index (κ2) is 6.39. The highest BCUT2D eigenvalue weighted by Gasteiger charge is 2.11. The van der Waals surface area contributed by atoms with Crippen LogP contribution >= 0.6 is 0 Å². The Labute approximate surface area is 103 Å². The normalized spacial score (nSPS) is 12.5. The van der Waals surface area contributed by atoms with Crippen LogP contribution in [0.1, 0.15) is 32.0 Å². The first-order chi connectivity index (χ1) is 8.00. The average Bonchev–Trinajstić information content (AvgIpc) is 2.63. The predicted octanol–water partition coefficient (Wildman–Crippen LogP) is 0.896. The largest absolute Gasteiger partial charge is 0.338 e. The van der Waals surface area contributed by atoms with Gasteiger partial charge in [-0.25, -0.2) is 4.98 Å². The van der Waals surface area contributed by atoms with Crippen LogP contribution in [0.15, 0.2) is 12.4 Å². The van der Waals surface area contributed by atoms with Gasteiger partial charge in [0.25, 0.3) is 0 Å². The summed E-state index contributed by atoms with van der Waals surface area (Å²) in [4.78, 5) is 17.7. The zero-order valence-corrected chi connectivity index (χ0v) is 10.9. The van der Waals surface area contributed by atoms with E-state index in [1.165, 1.54) is 0 Å². The molecular formula is C12H22N4O. The molecule has 17 heavy (non-hydrogen) atoms. The second-order valence-corrected chi connectivity index (χ2v) is 4.57. The second-order valence-electron chi connectivity index (χ2n) is 4.57. The molecule has 96 valence electrons. The molecule has 1 aromatic rings. The van der Waals surface area contributed by atoms with E-state index in [-0.39, 0.29) is 11.9 Å². The molecule has 0 aromatic carbocycles. The number of carbonyl (C=O) groups excluding carboxylic acids is 1. The highest BCUT2D eigenvalue weighted by atomic mass is 16.2. The van der Waals surface area contributed by atoms with E-state index in [2.05, 4.69) is 4.98 Å². The van der Waals surface area contributed by atoms with Crippen molar-refractivity contribution < 1.29 is 4.79 Å². The lowest BCUT2D eigenvalue weighted by molar-refractivity contribution is -0.130. The average molecular weight is 238 g/mol. The lowest BCUT2D eigenvalue weighted by atomic mass is 10.1. The van der Waals surface area contributed by atoms with E-state index < -0.39 is 0 Å². The molecule has 1 unspecified atom stereocenters. The molecule has 0 bridgehead atoms. The van der Waals surface area contributed by atoms with Crippen LogP contribution in [0.5, 0.6) is 0 Å². The third-order valence-electron chi connectivity index (χ3n) is 2.78. The van der Waals surface area contributed by atoms with Gasteiger partial charge in [-0.1, -0.05) is 0 Å². The van der Waals surface area contributed by atoms with Crippen molar-refractivity contribution in [2.24, 2.45) is 12.8 Å². The van der Waals surface area contributed by atoms with Gasteiger partial charge in [-0.3, -0.25) is 4.79 Å². The molecule has 1 heterocycles. The quantitative estimate of drug-likeness (QED) is 0.800. The Hall–Kier alpha value is -1.36. The van der Waals surface area contributed by atoms with Gasteiger partial charge in [0.1, 0.15) is 5.82 Å². The summed E-state index contributed by atoms with van der Waals surface area (Å²) in [7, 11) is 3.74. The number of hydrogen-bond donors (Lipinski definition) is 1. The topological polar surface area (TPSA) is 64.2 Å². The summed E-state index contributed by atoms with van der Waals surface area (Å²) in [5, 5.41) is 0. The van der Waals surface area contributed by atoms with Crippen molar-refractivity contribution in [1.82, 2.24) is 14.5 Å². The molecule has 1 rings (SSSR count). The fourth-order valence-electron chi connectivity index (χ4n) is 1.62. The van der Waals surface area contributed by atoms with Gasteiger partial charge in [0.05, 0.1) is 6.54 Å². The standard InChI is InChI=1S/C12H22N4O/c1-10(13)5-4-6-12(17)16(3)9-11-14-7-8-15(11)2/h7-8,10H,4-6,9,13H2,1-3H3. The molecule has 5 nitrogen and oxygen atoms in total. The number of rotatable bonds is 6. The lowest BCUT2D eigenvalue weighted by Crippen LogP contribution is -2.27. The fourth-order valence-corrected chi connectivity index (χ4v) is 1.62. The van der Waals surface area contributed by atoms with E-state index >= 15 is 0 Å². The van der Waals surface area contributed by atoms with E-state index in [0.29, 0.717) is 13.0 Å². The summed E-state index contributed by atoms with van der Waals surface area (Å²) in [5.41, 5.74) is 5.65. The fraction of sp³-hybridized carbons (Fsp3) is 0.667. The lowest BCUT2D eigenvalue weighted by Gasteiger charge is -2.17. The Morgan fingerprint density at radius 2 is 2.35 bits per heavy atom. The van der Waals surface area contributed by atoms with Gasteiger partial charge in [-0.05, 0) is 19.8 Å². The molecule has 1 amide bonds. The molecular weight excluding hydrogens is 216 g/mol. The van der Waals surface area contributed by atoms with Gasteiger partial charge >= 0.3 is 0 Å². The highest BCUT2D eigenvalue weighted by molar-refractivity contribution is 5.75. The molecule has 0 aliphatic heterocycles. The Morgan fingerprint density at radius 3 is 2.88 bits per heavy atom. The van der Waals surface area contributed by atoms with Crippen molar-refractivity contribution in [3.05, 3.63) is 18.2 Å². The molecule has 2 N–H and O–H groups in total. The molecule has 0 fully saturated rings. The maximum absolute atomic E-state index is 11.8. The van der Waals surface area contributed by atoms with E-state index in [4.69, 9.17) is 5.73 Å². The molecule has 0 aliphatic carbocycles. The predicted molar refractivity (Wildman–Crippen MR) is 67.2 cm³/mol. The summed E-state index contributed by atoms with van der Waals surface area (Å²) >= 11 is 0. The van der Waals surface area contributed by atoms with E-state index in [1.54, 1.807) is 11.1 Å². The van der Waals surface area contributed by atoms with Crippen LogP contribution in [0, 0.1) is 0 Å². The third kappa shape index (κ3) is 4.56. The number of amides is 1. The zero-order valence-electron chi connectivity index (χ0n) is 10.9. The SMILES string of the molecule is CC(N)CCCC(=O)N(C)Cc1nccn1C. The molecule has 1 aromatic heterocycles. The number of nitrogens with zero attached hydrogens (tertiary/aromatic N) is 3. The third-order valence-corrected chi connectivity index (χ3v) is 2.78. The van der Waals surface area contributed by atoms with Crippen molar-refractivity contribution in [3.8, 4) is 0 Å². The zero-order chi connectivity index (χ0) is 12.8. The van der Waals surface area contributed by atoms with Crippen molar-refractivity contribution in [2.45, 2.75) is 38.8 Å². The van der Waals surface area contributed by atoms with Gasteiger partial charge in [-0.2, -0.15) is 0 Å². The van der Waals surface area contributed by atoms with Gasteiger partial charge in [0, 0.05) is 39.0 Å². The number of imidazole rings is 1. The Morgan fingerprint density at radius 1 is 1.65 bits per heavy atom. The smallest absolute Gasteiger partial charge is 0.222 e. The molecule has 0 saturated heterocycles. The molecule has 0 aliphatic rings. The minimum Gasteiger partial charge on any atom is -0.338 e. The molecule has 0 spiro atoms. The molecule has 1 atom stereocenters. The minimum absolute atomic E-state index is 0.147. The summed E-state index contributed by atoms with van der Waals surface area (Å²) in [6, 6.07) is 0.169. The van der Waals surface area contributed by atoms with Crippen LogP contribution in [0.4, 0.5) is 0 Å². The molecule has 0 saturated carbocycles. The van der Waals surface area contributed by atoms with Crippen molar-refractivity contribution in [1.29, 1.82) is 0 Å². The number of carbonyl (C=O) groups is 1. The summed E-state index contributed by atoms with van der Waals surface area (Å²) in [6.45, 7) is 2.52. The van der Waals surface area contributed by atoms with Gasteiger partial charge in [-0.15, -0.1) is 0 Å². The van der Waals surface area contributed by atoms with E-state index in [1.807, 2.05) is 31.8 Å². The van der Waals surface area contributed by atoms with Gasteiger partial charge in [0.2, 0.25) is 5.91 Å². The van der Waals surface area contributed by atoms with Crippen molar-refractivity contribution in [3.63, 3.8) is 0 Å². The van der Waals surface area contributed by atoms with E-state index in [9.17, 15) is 4.79 Å². The van der Waals surface area contributed by atoms with Crippen LogP contribution in [-0.2, 0) is 18.4 Å². The number of nitrogens with two attached hydrogens (primary N) is 1. The molecule has 0 radical (unpaired) electrons. The first-order valence-corrected chi connectivity index (χ1v) is 5.96.